The molecule has 0 fully saturated rings. The van der Waals surface area contributed by atoms with Crippen LogP contribution in [-0.2, 0) is 0 Å². The number of benzene rings is 2. The van der Waals surface area contributed by atoms with Crippen molar-refractivity contribution in [1.29, 1.82) is 0 Å². The van der Waals surface area contributed by atoms with E-state index >= 15 is 0 Å². The van der Waals surface area contributed by atoms with Crippen LogP contribution in [0.2, 0.25) is 0 Å². The van der Waals surface area contributed by atoms with Gasteiger partial charge in [-0.1, -0.05) is 65.4 Å². The number of aromatic nitrogens is 5. The van der Waals surface area contributed by atoms with E-state index in [1.807, 2.05) is 77.0 Å². The number of thiophene rings is 1. The lowest BCUT2D eigenvalue weighted by molar-refractivity contribution is 0.884. The van der Waals surface area contributed by atoms with E-state index in [9.17, 15) is 4.79 Å². The second kappa shape index (κ2) is 8.90. The van der Waals surface area contributed by atoms with Crippen LogP contribution < -0.4 is 10.1 Å². The van der Waals surface area contributed by atoms with Gasteiger partial charge in [-0.3, -0.25) is 4.79 Å². The van der Waals surface area contributed by atoms with Crippen LogP contribution in [-0.4, -0.2) is 24.4 Å². The fourth-order valence-electron chi connectivity index (χ4n) is 3.75. The maximum Gasteiger partial charge on any atom is 0.291 e. The lowest BCUT2D eigenvalue weighted by Gasteiger charge is -2.01. The average molecular weight is 494 g/mol. The number of nitrogens with zero attached hydrogens (tertiary/aromatic N) is 5. The zero-order valence-electron chi connectivity index (χ0n) is 18.7. The smallest absolute Gasteiger partial charge is 0.266 e. The molecule has 0 aliphatic heterocycles. The van der Waals surface area contributed by atoms with E-state index in [4.69, 9.17) is 5.10 Å². The fourth-order valence-corrected chi connectivity index (χ4v) is 5.27. The van der Waals surface area contributed by atoms with Crippen molar-refractivity contribution in [2.75, 3.05) is 0 Å². The van der Waals surface area contributed by atoms with Crippen molar-refractivity contribution >= 4 is 45.9 Å². The highest BCUT2D eigenvalue weighted by Gasteiger charge is 2.14. The van der Waals surface area contributed by atoms with Crippen molar-refractivity contribution in [3.63, 3.8) is 0 Å². The number of hydrogen-bond acceptors (Lipinski definition) is 6. The maximum absolute atomic E-state index is 13.1. The van der Waals surface area contributed by atoms with E-state index in [-0.39, 0.29) is 5.56 Å². The Bertz CT molecular complexity index is 1760. The minimum atomic E-state index is -0.185. The fraction of sp³-hybridized carbons (Fsp3) is 0.0370. The van der Waals surface area contributed by atoms with Crippen LogP contribution in [0.15, 0.2) is 83.1 Å². The predicted molar refractivity (Wildman–Crippen MR) is 143 cm³/mol. The largest absolute Gasteiger partial charge is 0.291 e. The number of thiazole rings is 1. The van der Waals surface area contributed by atoms with Crippen molar-refractivity contribution in [3.05, 3.63) is 115 Å². The molecule has 0 N–H and O–H groups in total. The van der Waals surface area contributed by atoms with Crippen LogP contribution in [0.4, 0.5) is 0 Å². The summed E-state index contributed by atoms with van der Waals surface area (Å²) in [4.78, 5) is 19.3. The molecule has 2 aromatic carbocycles. The molecule has 170 valence electrons. The highest BCUT2D eigenvalue weighted by molar-refractivity contribution is 7.15. The zero-order chi connectivity index (χ0) is 23.8. The molecule has 4 aromatic heterocycles. The van der Waals surface area contributed by atoms with Gasteiger partial charge in [0.05, 0.1) is 15.9 Å². The van der Waals surface area contributed by atoms with E-state index < -0.39 is 0 Å². The highest BCUT2D eigenvalue weighted by atomic mass is 32.1. The molecule has 35 heavy (non-hydrogen) atoms. The third-order valence-electron chi connectivity index (χ3n) is 5.51. The number of para-hydroxylation sites is 1. The van der Waals surface area contributed by atoms with Gasteiger partial charge in [-0.05, 0) is 48.7 Å². The minimum absolute atomic E-state index is 0.185. The lowest BCUT2D eigenvalue weighted by Crippen LogP contribution is -2.23. The molecular formula is C27H19N5OS2. The average Bonchev–Trinajstić information content (AvgIpc) is 3.66. The summed E-state index contributed by atoms with van der Waals surface area (Å²) < 4.78 is 3.78. The molecule has 6 aromatic rings. The first-order valence-electron chi connectivity index (χ1n) is 11.0. The minimum Gasteiger partial charge on any atom is -0.266 e. The number of fused-ring (bicyclic) bond motifs is 1. The SMILES string of the molecule is Cc1ccc(-c2nn(-c3ccccc3)cc2C=c2sc3nc(C=Cc4cccs4)nn3c2=O)cc1. The molecule has 0 atom stereocenters. The summed E-state index contributed by atoms with van der Waals surface area (Å²) >= 11 is 2.96. The Morgan fingerprint density at radius 3 is 2.49 bits per heavy atom. The van der Waals surface area contributed by atoms with Crippen LogP contribution in [0.25, 0.3) is 40.1 Å². The van der Waals surface area contributed by atoms with E-state index in [1.54, 1.807) is 11.3 Å². The van der Waals surface area contributed by atoms with Crippen LogP contribution in [0, 0.1) is 6.92 Å². The van der Waals surface area contributed by atoms with Gasteiger partial charge in [0.15, 0.2) is 5.82 Å². The van der Waals surface area contributed by atoms with E-state index in [1.165, 1.54) is 21.4 Å². The van der Waals surface area contributed by atoms with Crippen LogP contribution in [0.3, 0.4) is 0 Å². The molecule has 0 amide bonds. The molecule has 0 radical (unpaired) electrons. The van der Waals surface area contributed by atoms with E-state index in [0.29, 0.717) is 15.3 Å². The molecule has 6 rings (SSSR count). The van der Waals surface area contributed by atoms with Crippen molar-refractivity contribution in [2.45, 2.75) is 6.92 Å². The predicted octanol–water partition coefficient (Wildman–Crippen LogP) is 5.09. The topological polar surface area (TPSA) is 65.1 Å². The summed E-state index contributed by atoms with van der Waals surface area (Å²) in [6.45, 7) is 2.06. The molecule has 0 spiro atoms. The third-order valence-corrected chi connectivity index (χ3v) is 7.31. The van der Waals surface area contributed by atoms with Crippen LogP contribution in [0.1, 0.15) is 21.8 Å². The second-order valence-corrected chi connectivity index (χ2v) is 10.00. The lowest BCUT2D eigenvalue weighted by atomic mass is 10.1. The Labute approximate surface area is 208 Å². The van der Waals surface area contributed by atoms with Gasteiger partial charge >= 0.3 is 0 Å². The number of rotatable bonds is 5. The Morgan fingerprint density at radius 1 is 0.914 bits per heavy atom. The highest BCUT2D eigenvalue weighted by Crippen LogP contribution is 2.25. The van der Waals surface area contributed by atoms with Gasteiger partial charge in [-0.2, -0.15) is 14.6 Å². The van der Waals surface area contributed by atoms with Crippen LogP contribution in [0.5, 0.6) is 0 Å². The molecule has 0 aliphatic rings. The van der Waals surface area contributed by atoms with Crippen LogP contribution >= 0.6 is 22.7 Å². The van der Waals surface area contributed by atoms with Gasteiger partial charge < -0.3 is 0 Å². The Hall–Kier alpha value is -4.14. The molecule has 0 unspecified atom stereocenters. The quantitative estimate of drug-likeness (QED) is 0.336. The monoisotopic (exact) mass is 493 g/mol. The van der Waals surface area contributed by atoms with Gasteiger partial charge in [0, 0.05) is 22.2 Å². The van der Waals surface area contributed by atoms with Crippen molar-refractivity contribution < 1.29 is 0 Å². The van der Waals surface area contributed by atoms with Crippen molar-refractivity contribution in [2.24, 2.45) is 0 Å². The third kappa shape index (κ3) is 4.25. The van der Waals surface area contributed by atoms with E-state index in [2.05, 4.69) is 41.3 Å². The summed E-state index contributed by atoms with van der Waals surface area (Å²) in [7, 11) is 0. The van der Waals surface area contributed by atoms with Gasteiger partial charge in [0.1, 0.15) is 0 Å². The normalized spacial score (nSPS) is 12.3. The molecule has 0 saturated carbocycles. The van der Waals surface area contributed by atoms with E-state index in [0.717, 1.165) is 27.4 Å². The first-order valence-corrected chi connectivity index (χ1v) is 12.7. The summed E-state index contributed by atoms with van der Waals surface area (Å²) in [5.41, 5.74) is 4.61. The van der Waals surface area contributed by atoms with Crippen molar-refractivity contribution in [1.82, 2.24) is 24.4 Å². The summed E-state index contributed by atoms with van der Waals surface area (Å²) in [5.74, 6) is 0.519. The molecule has 0 saturated heterocycles. The molecular weight excluding hydrogens is 474 g/mol. The number of aryl methyl sites for hydroxylation is 1. The zero-order valence-corrected chi connectivity index (χ0v) is 20.3. The van der Waals surface area contributed by atoms with Gasteiger partial charge in [0.2, 0.25) is 4.96 Å². The molecule has 4 heterocycles. The van der Waals surface area contributed by atoms with Gasteiger partial charge in [-0.25, -0.2) is 4.68 Å². The Morgan fingerprint density at radius 2 is 1.74 bits per heavy atom. The van der Waals surface area contributed by atoms with Gasteiger partial charge in [0.25, 0.3) is 5.56 Å². The number of hydrogen-bond donors (Lipinski definition) is 0. The first kappa shape index (κ1) is 21.4. The second-order valence-electron chi connectivity index (χ2n) is 8.01. The summed E-state index contributed by atoms with van der Waals surface area (Å²) in [5, 5.41) is 11.3. The molecule has 0 aliphatic carbocycles. The Kier molecular flexibility index (Phi) is 5.44. The van der Waals surface area contributed by atoms with Gasteiger partial charge in [-0.15, -0.1) is 16.4 Å². The Balaban J connectivity index is 1.44. The molecule has 0 bridgehead atoms. The first-order chi connectivity index (χ1) is 17.1. The standard InChI is InChI=1S/C27H19N5OS2/c1-18-9-11-19(12-10-18)25-20(17-31(30-25)21-6-3-2-4-7-21)16-23-26(33)32-27(35-23)28-24(29-32)14-13-22-8-5-15-34-22/h2-17H,1H3. The summed E-state index contributed by atoms with van der Waals surface area (Å²) in [6.07, 6.45) is 7.61. The molecule has 6 nitrogen and oxygen atoms in total. The maximum atomic E-state index is 13.1. The molecule has 8 heteroatoms. The van der Waals surface area contributed by atoms with Crippen molar-refractivity contribution in [3.8, 4) is 16.9 Å². The summed E-state index contributed by atoms with van der Waals surface area (Å²) in [6, 6.07) is 22.2.